The van der Waals surface area contributed by atoms with E-state index in [-0.39, 0.29) is 48.1 Å². The van der Waals surface area contributed by atoms with Gasteiger partial charge in [0.25, 0.3) is 0 Å². The van der Waals surface area contributed by atoms with Gasteiger partial charge < -0.3 is 30.7 Å². The highest BCUT2D eigenvalue weighted by Crippen LogP contribution is 2.30. The van der Waals surface area contributed by atoms with Crippen molar-refractivity contribution in [2.24, 2.45) is 11.8 Å². The minimum absolute atomic E-state index is 0.000973. The molecule has 0 spiro atoms. The van der Waals surface area contributed by atoms with Crippen LogP contribution in [0.3, 0.4) is 0 Å². The van der Waals surface area contributed by atoms with Crippen LogP contribution in [-0.4, -0.2) is 73.0 Å². The lowest BCUT2D eigenvalue weighted by Crippen LogP contribution is -2.61. The average molecular weight is 493 g/mol. The number of hydrogen-bond acceptors (Lipinski definition) is 5. The van der Waals surface area contributed by atoms with E-state index in [4.69, 9.17) is 16.3 Å². The number of likely N-dealkylation sites (tertiary alicyclic amines) is 1. The summed E-state index contributed by atoms with van der Waals surface area (Å²) in [6.07, 6.45) is 5.45. The number of nitrogens with one attached hydrogen (secondary N) is 3. The molecule has 3 amide bonds. The zero-order chi connectivity index (χ0) is 24.1. The Labute approximate surface area is 206 Å². The first-order valence-electron chi connectivity index (χ1n) is 12.5. The van der Waals surface area contributed by atoms with Crippen LogP contribution in [-0.2, 0) is 9.53 Å². The summed E-state index contributed by atoms with van der Waals surface area (Å²) in [4.78, 5) is 28.1. The predicted molar refractivity (Wildman–Crippen MR) is 132 cm³/mol. The van der Waals surface area contributed by atoms with Gasteiger partial charge in [0.2, 0.25) is 5.91 Å². The number of methoxy groups -OCH3 is 1. The molecule has 0 bridgehead atoms. The van der Waals surface area contributed by atoms with E-state index < -0.39 is 0 Å². The number of carbonyl (C=O) groups excluding carboxylic acids is 2. The summed E-state index contributed by atoms with van der Waals surface area (Å²) in [6.45, 7) is 2.03. The molecule has 34 heavy (non-hydrogen) atoms. The first-order chi connectivity index (χ1) is 16.4. The van der Waals surface area contributed by atoms with E-state index in [1.807, 2.05) is 4.90 Å². The molecule has 0 aromatic heterocycles. The van der Waals surface area contributed by atoms with Crippen molar-refractivity contribution in [1.29, 1.82) is 0 Å². The molecule has 2 saturated heterocycles. The number of anilines is 1. The fourth-order valence-electron chi connectivity index (χ4n) is 5.64. The Morgan fingerprint density at radius 2 is 1.82 bits per heavy atom. The molecular weight excluding hydrogens is 456 g/mol. The maximum atomic E-state index is 13.3. The van der Waals surface area contributed by atoms with Gasteiger partial charge in [-0.25, -0.2) is 4.79 Å². The van der Waals surface area contributed by atoms with Crippen LogP contribution in [0, 0.1) is 11.8 Å². The quantitative estimate of drug-likeness (QED) is 0.506. The third-order valence-electron chi connectivity index (χ3n) is 7.69. The molecular formula is C25H37ClN4O4. The lowest BCUT2D eigenvalue weighted by molar-refractivity contribution is -0.139. The maximum Gasteiger partial charge on any atom is 0.319 e. The number of amides is 3. The molecule has 2 aliphatic heterocycles. The molecule has 1 aromatic carbocycles. The highest BCUT2D eigenvalue weighted by molar-refractivity contribution is 6.30. The minimum atomic E-state index is -0.272. The zero-order valence-electron chi connectivity index (χ0n) is 19.8. The molecule has 1 saturated carbocycles. The summed E-state index contributed by atoms with van der Waals surface area (Å²) >= 11 is 5.94. The largest absolute Gasteiger partial charge is 0.393 e. The van der Waals surface area contributed by atoms with Crippen molar-refractivity contribution in [3.63, 3.8) is 0 Å². The van der Waals surface area contributed by atoms with E-state index in [1.54, 1.807) is 31.4 Å². The second-order valence-corrected chi connectivity index (χ2v) is 10.3. The Morgan fingerprint density at radius 3 is 2.47 bits per heavy atom. The van der Waals surface area contributed by atoms with Crippen LogP contribution in [0.5, 0.6) is 0 Å². The lowest BCUT2D eigenvalue weighted by atomic mass is 9.80. The number of hydrogen-bond donors (Lipinski definition) is 4. The van der Waals surface area contributed by atoms with Gasteiger partial charge in [-0.15, -0.1) is 0 Å². The predicted octanol–water partition coefficient (Wildman–Crippen LogP) is 3.00. The van der Waals surface area contributed by atoms with Gasteiger partial charge in [0.05, 0.1) is 12.2 Å². The molecule has 1 aromatic rings. The Kier molecular flexibility index (Phi) is 8.69. The number of nitrogens with zero attached hydrogens (tertiary/aromatic N) is 1. The second kappa shape index (κ2) is 11.7. The van der Waals surface area contributed by atoms with Gasteiger partial charge in [-0.05, 0) is 69.2 Å². The molecule has 2 unspecified atom stereocenters. The van der Waals surface area contributed by atoms with Crippen LogP contribution in [0.4, 0.5) is 10.5 Å². The van der Waals surface area contributed by atoms with Crippen molar-refractivity contribution in [2.75, 3.05) is 32.1 Å². The molecule has 8 nitrogen and oxygen atoms in total. The van der Waals surface area contributed by atoms with E-state index in [1.165, 1.54) is 0 Å². The maximum absolute atomic E-state index is 13.3. The summed E-state index contributed by atoms with van der Waals surface area (Å²) in [5.74, 6) is 0.311. The molecule has 0 radical (unpaired) electrons. The molecule has 4 atom stereocenters. The van der Waals surface area contributed by atoms with E-state index in [9.17, 15) is 14.7 Å². The van der Waals surface area contributed by atoms with Crippen LogP contribution in [0.25, 0.3) is 0 Å². The van der Waals surface area contributed by atoms with E-state index in [2.05, 4.69) is 16.0 Å². The zero-order valence-corrected chi connectivity index (χ0v) is 20.6. The number of aliphatic hydroxyl groups is 1. The average Bonchev–Trinajstić information content (AvgIpc) is 2.86. The van der Waals surface area contributed by atoms with Gasteiger partial charge in [0.15, 0.2) is 0 Å². The van der Waals surface area contributed by atoms with Gasteiger partial charge in [-0.3, -0.25) is 4.79 Å². The minimum Gasteiger partial charge on any atom is -0.393 e. The smallest absolute Gasteiger partial charge is 0.319 e. The molecule has 2 heterocycles. The first kappa shape index (κ1) is 25.2. The van der Waals surface area contributed by atoms with E-state index in [0.29, 0.717) is 43.1 Å². The summed E-state index contributed by atoms with van der Waals surface area (Å²) in [7, 11) is 1.74. The Morgan fingerprint density at radius 1 is 1.09 bits per heavy atom. The number of rotatable bonds is 5. The molecule has 3 aliphatic rings. The number of aliphatic hydroxyl groups excluding tert-OH is 1. The highest BCUT2D eigenvalue weighted by Gasteiger charge is 2.40. The number of benzene rings is 1. The summed E-state index contributed by atoms with van der Waals surface area (Å²) in [5, 5.41) is 20.1. The van der Waals surface area contributed by atoms with E-state index in [0.717, 1.165) is 32.2 Å². The van der Waals surface area contributed by atoms with Crippen molar-refractivity contribution in [2.45, 2.75) is 69.2 Å². The number of ether oxygens (including phenoxy) is 1. The third-order valence-corrected chi connectivity index (χ3v) is 7.94. The number of piperidine rings is 2. The fraction of sp³-hybridized carbons (Fsp3) is 0.680. The SMILES string of the molecule is COC1CCC([C@@H]2CN(C(=O)C3CCC(O)CC3)CC[C@H]2NC(=O)Nc2ccc(Cl)cc2)NC1. The molecule has 3 fully saturated rings. The summed E-state index contributed by atoms with van der Waals surface area (Å²) in [6, 6.07) is 6.95. The van der Waals surface area contributed by atoms with Crippen LogP contribution in [0.15, 0.2) is 24.3 Å². The normalized spacial score (nSPS) is 32.1. The van der Waals surface area contributed by atoms with Gasteiger partial charge in [-0.2, -0.15) is 0 Å². The van der Waals surface area contributed by atoms with Crippen molar-refractivity contribution < 1.29 is 19.4 Å². The van der Waals surface area contributed by atoms with Crippen LogP contribution >= 0.6 is 11.6 Å². The Bertz CT molecular complexity index is 823. The van der Waals surface area contributed by atoms with Gasteiger partial charge in [0.1, 0.15) is 0 Å². The van der Waals surface area contributed by atoms with Crippen molar-refractivity contribution in [3.8, 4) is 0 Å². The van der Waals surface area contributed by atoms with Crippen LogP contribution in [0.1, 0.15) is 44.9 Å². The molecule has 4 rings (SSSR count). The van der Waals surface area contributed by atoms with Gasteiger partial charge >= 0.3 is 6.03 Å². The summed E-state index contributed by atoms with van der Waals surface area (Å²) in [5.41, 5.74) is 0.685. The van der Waals surface area contributed by atoms with Crippen molar-refractivity contribution in [3.05, 3.63) is 29.3 Å². The molecule has 4 N–H and O–H groups in total. The van der Waals surface area contributed by atoms with Crippen LogP contribution < -0.4 is 16.0 Å². The Hall–Kier alpha value is -1.87. The van der Waals surface area contributed by atoms with Crippen molar-refractivity contribution in [1.82, 2.24) is 15.5 Å². The highest BCUT2D eigenvalue weighted by atomic mass is 35.5. The topological polar surface area (TPSA) is 103 Å². The van der Waals surface area contributed by atoms with Gasteiger partial charge in [0, 0.05) is 61.4 Å². The number of carbonyl (C=O) groups is 2. The first-order valence-corrected chi connectivity index (χ1v) is 12.9. The molecule has 9 heteroatoms. The summed E-state index contributed by atoms with van der Waals surface area (Å²) < 4.78 is 5.50. The second-order valence-electron chi connectivity index (χ2n) is 9.90. The number of urea groups is 1. The molecule has 1 aliphatic carbocycles. The number of halogens is 1. The monoisotopic (exact) mass is 492 g/mol. The lowest BCUT2D eigenvalue weighted by Gasteiger charge is -2.45. The van der Waals surface area contributed by atoms with Crippen LogP contribution in [0.2, 0.25) is 5.02 Å². The fourth-order valence-corrected chi connectivity index (χ4v) is 5.76. The Balaban J connectivity index is 1.41. The van der Waals surface area contributed by atoms with Crippen molar-refractivity contribution >= 4 is 29.2 Å². The van der Waals surface area contributed by atoms with E-state index >= 15 is 0 Å². The molecule has 188 valence electrons. The third kappa shape index (κ3) is 6.42. The standard InChI is InChI=1S/C25H37ClN4O4/c1-34-20-10-11-22(27-14-20)21-15-30(24(32)16-2-8-19(31)9-3-16)13-12-23(21)29-25(33)28-18-6-4-17(26)5-7-18/h4-7,16,19-23,27,31H,2-3,8-15H2,1H3,(H2,28,29,33)/t16?,19?,20?,21-,22?,23+/m0/s1. The van der Waals surface area contributed by atoms with Gasteiger partial charge in [-0.1, -0.05) is 11.6 Å².